The van der Waals surface area contributed by atoms with Crippen molar-refractivity contribution in [2.24, 2.45) is 29.6 Å². The molecule has 0 aliphatic rings. The Kier molecular flexibility index (Phi) is 12.3. The Morgan fingerprint density at radius 2 is 1.39 bits per heavy atom. The molecule has 0 saturated carbocycles. The van der Waals surface area contributed by atoms with E-state index in [1.54, 1.807) is 11.9 Å². The number of amides is 2. The van der Waals surface area contributed by atoms with Crippen molar-refractivity contribution in [3.05, 3.63) is 0 Å². The van der Waals surface area contributed by atoms with E-state index in [4.69, 9.17) is 0 Å². The molecule has 2 amide bonds. The van der Waals surface area contributed by atoms with Crippen LogP contribution in [0, 0.1) is 29.6 Å². The highest BCUT2D eigenvalue weighted by Gasteiger charge is 2.34. The van der Waals surface area contributed by atoms with Crippen LogP contribution in [-0.2, 0) is 14.4 Å². The first kappa shape index (κ1) is 26.6. The van der Waals surface area contributed by atoms with Gasteiger partial charge in [-0.3, -0.25) is 9.59 Å². The molecule has 28 heavy (non-hydrogen) atoms. The minimum Gasteiger partial charge on any atom is -0.345 e. The van der Waals surface area contributed by atoms with Crippen molar-refractivity contribution in [3.8, 4) is 0 Å². The molecule has 0 bridgehead atoms. The van der Waals surface area contributed by atoms with Crippen molar-refractivity contribution in [2.75, 3.05) is 7.05 Å². The van der Waals surface area contributed by atoms with Crippen molar-refractivity contribution in [2.45, 2.75) is 93.2 Å². The van der Waals surface area contributed by atoms with Crippen molar-refractivity contribution < 1.29 is 14.4 Å². The lowest BCUT2D eigenvalue weighted by atomic mass is 9.83. The number of hydrogen-bond acceptors (Lipinski definition) is 3. The molecule has 0 rings (SSSR count). The molecule has 5 heteroatoms. The van der Waals surface area contributed by atoms with Crippen LogP contribution in [0.2, 0.25) is 0 Å². The fourth-order valence-corrected chi connectivity index (χ4v) is 3.61. The fourth-order valence-electron chi connectivity index (χ4n) is 3.61. The molecule has 0 heterocycles. The third kappa shape index (κ3) is 9.20. The third-order valence-electron chi connectivity index (χ3n) is 5.40. The summed E-state index contributed by atoms with van der Waals surface area (Å²) in [6.07, 6.45) is 3.73. The van der Waals surface area contributed by atoms with Gasteiger partial charge in [0.25, 0.3) is 0 Å². The van der Waals surface area contributed by atoms with Gasteiger partial charge in [0, 0.05) is 13.0 Å². The van der Waals surface area contributed by atoms with E-state index in [2.05, 4.69) is 33.0 Å². The second-order valence-electron chi connectivity index (χ2n) is 9.60. The van der Waals surface area contributed by atoms with Crippen LogP contribution in [0.5, 0.6) is 0 Å². The molecular weight excluding hydrogens is 352 g/mol. The molecule has 0 aliphatic heterocycles. The Hall–Kier alpha value is -1.39. The Bertz CT molecular complexity index is 488. The number of nitrogens with zero attached hydrogens (tertiary/aromatic N) is 1. The molecule has 0 spiro atoms. The van der Waals surface area contributed by atoms with Gasteiger partial charge in [-0.1, -0.05) is 61.8 Å². The number of nitrogens with one attached hydrogen (secondary N) is 1. The van der Waals surface area contributed by atoms with E-state index in [-0.39, 0.29) is 29.6 Å². The Morgan fingerprint density at radius 3 is 1.79 bits per heavy atom. The van der Waals surface area contributed by atoms with Gasteiger partial charge >= 0.3 is 0 Å². The summed E-state index contributed by atoms with van der Waals surface area (Å²) in [6.45, 7) is 16.6. The Balaban J connectivity index is 5.51. The summed E-state index contributed by atoms with van der Waals surface area (Å²) >= 11 is 0. The van der Waals surface area contributed by atoms with E-state index in [1.165, 1.54) is 0 Å². The first-order chi connectivity index (χ1) is 12.9. The third-order valence-corrected chi connectivity index (χ3v) is 5.40. The minimum absolute atomic E-state index is 0.0374. The summed E-state index contributed by atoms with van der Waals surface area (Å²) in [5.74, 6) is 0.972. The number of rotatable bonds is 13. The summed E-state index contributed by atoms with van der Waals surface area (Å²) < 4.78 is 0. The largest absolute Gasteiger partial charge is 0.345 e. The normalized spacial score (nSPS) is 16.0. The molecule has 164 valence electrons. The average molecular weight is 397 g/mol. The van der Waals surface area contributed by atoms with Crippen LogP contribution in [0.1, 0.15) is 81.1 Å². The second-order valence-corrected chi connectivity index (χ2v) is 9.60. The fraction of sp³-hybridized carbons (Fsp3) is 0.870. The van der Waals surface area contributed by atoms with E-state index < -0.39 is 12.1 Å². The molecule has 0 fully saturated rings. The van der Waals surface area contributed by atoms with Crippen molar-refractivity contribution >= 4 is 18.1 Å². The van der Waals surface area contributed by atoms with Gasteiger partial charge in [0.05, 0.1) is 6.04 Å². The van der Waals surface area contributed by atoms with Gasteiger partial charge in [-0.25, -0.2) is 0 Å². The summed E-state index contributed by atoms with van der Waals surface area (Å²) in [6, 6.07) is -1.06. The number of carbonyl (C=O) groups excluding carboxylic acids is 3. The maximum atomic E-state index is 13.3. The van der Waals surface area contributed by atoms with E-state index >= 15 is 0 Å². The number of carbonyl (C=O) groups is 3. The molecule has 0 radical (unpaired) electrons. The monoisotopic (exact) mass is 396 g/mol. The Morgan fingerprint density at radius 1 is 0.893 bits per heavy atom. The molecule has 0 aromatic heterocycles. The molecule has 3 unspecified atom stereocenters. The highest BCUT2D eigenvalue weighted by atomic mass is 16.2. The molecule has 0 aliphatic carbocycles. The predicted molar refractivity (Wildman–Crippen MR) is 116 cm³/mol. The quantitative estimate of drug-likeness (QED) is 0.472. The summed E-state index contributed by atoms with van der Waals surface area (Å²) in [7, 11) is 1.74. The maximum absolute atomic E-state index is 13.3. The topological polar surface area (TPSA) is 66.5 Å². The van der Waals surface area contributed by atoms with Crippen LogP contribution in [-0.4, -0.2) is 42.1 Å². The summed E-state index contributed by atoms with van der Waals surface area (Å²) in [5.41, 5.74) is 0. The lowest BCUT2D eigenvalue weighted by Crippen LogP contribution is -2.53. The number of likely N-dealkylation sites (N-methyl/N-ethyl adjacent to an activating group) is 1. The van der Waals surface area contributed by atoms with Gasteiger partial charge in [-0.05, 0) is 42.9 Å². The van der Waals surface area contributed by atoms with E-state index in [0.717, 1.165) is 19.1 Å². The van der Waals surface area contributed by atoms with E-state index in [0.29, 0.717) is 24.7 Å². The average Bonchev–Trinajstić information content (AvgIpc) is 2.60. The molecular formula is C23H44N2O3. The van der Waals surface area contributed by atoms with Crippen LogP contribution in [0.25, 0.3) is 0 Å². The van der Waals surface area contributed by atoms with Crippen molar-refractivity contribution in [1.29, 1.82) is 0 Å². The highest BCUT2D eigenvalue weighted by Crippen LogP contribution is 2.26. The second kappa shape index (κ2) is 12.9. The van der Waals surface area contributed by atoms with Gasteiger partial charge in [-0.15, -0.1) is 0 Å². The minimum atomic E-state index is -0.555. The van der Waals surface area contributed by atoms with Gasteiger partial charge in [-0.2, -0.15) is 0 Å². The van der Waals surface area contributed by atoms with Crippen LogP contribution >= 0.6 is 0 Å². The predicted octanol–water partition coefficient (Wildman–Crippen LogP) is 4.30. The van der Waals surface area contributed by atoms with Crippen LogP contribution in [0.4, 0.5) is 0 Å². The first-order valence-corrected chi connectivity index (χ1v) is 11.0. The van der Waals surface area contributed by atoms with E-state index in [1.807, 2.05) is 27.7 Å². The molecule has 0 aromatic carbocycles. The zero-order chi connectivity index (χ0) is 22.0. The zero-order valence-corrected chi connectivity index (χ0v) is 19.6. The number of hydrogen-bond donors (Lipinski definition) is 1. The van der Waals surface area contributed by atoms with Gasteiger partial charge in [0.2, 0.25) is 11.8 Å². The van der Waals surface area contributed by atoms with Crippen molar-refractivity contribution in [3.63, 3.8) is 0 Å². The van der Waals surface area contributed by atoms with Crippen LogP contribution in [0.15, 0.2) is 0 Å². The van der Waals surface area contributed by atoms with Crippen molar-refractivity contribution in [1.82, 2.24) is 10.2 Å². The highest BCUT2D eigenvalue weighted by molar-refractivity contribution is 5.89. The lowest BCUT2D eigenvalue weighted by Gasteiger charge is -2.34. The van der Waals surface area contributed by atoms with Crippen LogP contribution < -0.4 is 5.32 Å². The maximum Gasteiger partial charge on any atom is 0.243 e. The first-order valence-electron chi connectivity index (χ1n) is 11.0. The zero-order valence-electron chi connectivity index (χ0n) is 19.6. The smallest absolute Gasteiger partial charge is 0.243 e. The molecule has 0 aromatic rings. The summed E-state index contributed by atoms with van der Waals surface area (Å²) in [5, 5.41) is 2.86. The molecule has 1 N–H and O–H groups in total. The number of aldehydes is 1. The molecule has 4 atom stereocenters. The molecule has 0 saturated heterocycles. The standard InChI is InChI=1S/C23H44N2O3/c1-10-18(8)20(12-16(4)5)23(28)25(9)21(13-17(6)7)22(27)24-19(14-26)11-15(2)3/h14-21H,10-13H2,1-9H3,(H,24,27)/t18-,19?,20?,21?/m0/s1. The Labute approximate surface area is 173 Å². The van der Waals surface area contributed by atoms with Gasteiger partial charge < -0.3 is 15.0 Å². The van der Waals surface area contributed by atoms with Gasteiger partial charge in [0.15, 0.2) is 0 Å². The molecule has 5 nitrogen and oxygen atoms in total. The van der Waals surface area contributed by atoms with E-state index in [9.17, 15) is 14.4 Å². The lowest BCUT2D eigenvalue weighted by molar-refractivity contribution is -0.144. The SMILES string of the molecule is CC[C@H](C)C(CC(C)C)C(=O)N(C)C(CC(C)C)C(=O)NC(C=O)CC(C)C. The van der Waals surface area contributed by atoms with Gasteiger partial charge in [0.1, 0.15) is 12.3 Å². The van der Waals surface area contributed by atoms with Crippen LogP contribution in [0.3, 0.4) is 0 Å². The summed E-state index contributed by atoms with van der Waals surface area (Å²) in [4.78, 5) is 39.3.